The monoisotopic (exact) mass is 380 g/mol. The van der Waals surface area contributed by atoms with Crippen molar-refractivity contribution in [2.75, 3.05) is 0 Å². The van der Waals surface area contributed by atoms with Gasteiger partial charge in [-0.1, -0.05) is 54.6 Å². The molecule has 0 bridgehead atoms. The molecule has 0 unspecified atom stereocenters. The average molecular weight is 380 g/mol. The molecule has 0 fully saturated rings. The zero-order valence-corrected chi connectivity index (χ0v) is 14.5. The number of carbonyl (C=O) groups is 3. The lowest BCUT2D eigenvalue weighted by atomic mass is 10.0. The number of carbonyl (C=O) groups excluding carboxylic acids is 2. The standard InChI is InChI=1S/C13H10O2.C8H6O5/c14-12-9-5-4-8-11(12)13(15)10-6-2-1-3-7-10;9-7(10)5-3-1-2-4-6(5)8(11)13-12/h1-9,14H;1-4,12H,(H,9,10). The Labute approximate surface area is 160 Å². The first-order chi connectivity index (χ1) is 13.5. The van der Waals surface area contributed by atoms with Crippen molar-refractivity contribution in [2.45, 2.75) is 0 Å². The Hall–Kier alpha value is -3.97. The fraction of sp³-hybridized carbons (Fsp3) is 0. The minimum atomic E-state index is -1.25. The highest BCUT2D eigenvalue weighted by Gasteiger charge is 2.16. The van der Waals surface area contributed by atoms with Gasteiger partial charge in [0, 0.05) is 5.56 Å². The van der Waals surface area contributed by atoms with Gasteiger partial charge in [-0.3, -0.25) is 9.68 Å². The van der Waals surface area contributed by atoms with Gasteiger partial charge in [-0.25, -0.2) is 9.59 Å². The van der Waals surface area contributed by atoms with E-state index in [1.165, 1.54) is 30.3 Å². The van der Waals surface area contributed by atoms with Crippen molar-refractivity contribution in [2.24, 2.45) is 0 Å². The van der Waals surface area contributed by atoms with E-state index in [2.05, 4.69) is 4.89 Å². The van der Waals surface area contributed by atoms with E-state index in [0.29, 0.717) is 11.1 Å². The van der Waals surface area contributed by atoms with Gasteiger partial charge in [-0.15, -0.1) is 0 Å². The molecule has 0 aliphatic rings. The van der Waals surface area contributed by atoms with Crippen LogP contribution in [0.3, 0.4) is 0 Å². The Morgan fingerprint density at radius 1 is 0.679 bits per heavy atom. The summed E-state index contributed by atoms with van der Waals surface area (Å²) in [6, 6.07) is 20.9. The summed E-state index contributed by atoms with van der Waals surface area (Å²) in [5, 5.41) is 26.2. The third-order valence-electron chi connectivity index (χ3n) is 3.64. The largest absolute Gasteiger partial charge is 0.507 e. The molecule has 0 atom stereocenters. The molecule has 0 amide bonds. The fourth-order valence-electron chi connectivity index (χ4n) is 2.31. The maximum absolute atomic E-state index is 11.9. The summed E-state index contributed by atoms with van der Waals surface area (Å²) in [7, 11) is 0. The normalized spacial score (nSPS) is 9.61. The van der Waals surface area contributed by atoms with Crippen LogP contribution < -0.4 is 0 Å². The molecular formula is C21H16O7. The highest BCUT2D eigenvalue weighted by molar-refractivity contribution is 6.10. The van der Waals surface area contributed by atoms with Gasteiger partial charge in [0.15, 0.2) is 5.78 Å². The van der Waals surface area contributed by atoms with Crippen molar-refractivity contribution < 1.29 is 34.7 Å². The van der Waals surface area contributed by atoms with Crippen LogP contribution >= 0.6 is 0 Å². The van der Waals surface area contributed by atoms with E-state index in [-0.39, 0.29) is 22.7 Å². The second-order valence-electron chi connectivity index (χ2n) is 5.44. The van der Waals surface area contributed by atoms with Crippen LogP contribution in [0.25, 0.3) is 0 Å². The molecule has 0 aromatic heterocycles. The summed E-state index contributed by atoms with van der Waals surface area (Å²) in [6.07, 6.45) is 0. The van der Waals surface area contributed by atoms with Crippen LogP contribution in [0.2, 0.25) is 0 Å². The van der Waals surface area contributed by atoms with Gasteiger partial charge < -0.3 is 10.2 Å². The molecule has 142 valence electrons. The van der Waals surface area contributed by atoms with Gasteiger partial charge in [0.1, 0.15) is 5.75 Å². The first-order valence-electron chi connectivity index (χ1n) is 8.01. The van der Waals surface area contributed by atoms with Crippen LogP contribution in [0, 0.1) is 0 Å². The van der Waals surface area contributed by atoms with E-state index in [4.69, 9.17) is 10.4 Å². The predicted molar refractivity (Wildman–Crippen MR) is 99.4 cm³/mol. The summed E-state index contributed by atoms with van der Waals surface area (Å²) in [5.74, 6) is -2.47. The number of carboxylic acid groups (broad SMARTS) is 1. The number of phenols is 1. The Morgan fingerprint density at radius 3 is 1.71 bits per heavy atom. The van der Waals surface area contributed by atoms with Crippen molar-refractivity contribution in [1.29, 1.82) is 0 Å². The molecule has 0 heterocycles. The Bertz CT molecular complexity index is 981. The third kappa shape index (κ3) is 5.03. The highest BCUT2D eigenvalue weighted by Crippen LogP contribution is 2.19. The fourth-order valence-corrected chi connectivity index (χ4v) is 2.31. The van der Waals surface area contributed by atoms with Gasteiger partial charge >= 0.3 is 11.9 Å². The number of hydrogen-bond donors (Lipinski definition) is 3. The van der Waals surface area contributed by atoms with E-state index < -0.39 is 11.9 Å². The number of rotatable bonds is 4. The number of ketones is 1. The number of benzene rings is 3. The van der Waals surface area contributed by atoms with Crippen LogP contribution in [-0.2, 0) is 4.89 Å². The Balaban J connectivity index is 0.000000203. The van der Waals surface area contributed by atoms with Crippen LogP contribution in [-0.4, -0.2) is 33.2 Å². The predicted octanol–water partition coefficient (Wildman–Crippen LogP) is 3.64. The van der Waals surface area contributed by atoms with Crippen LogP contribution in [0.15, 0.2) is 78.9 Å². The second-order valence-corrected chi connectivity index (χ2v) is 5.44. The maximum Gasteiger partial charge on any atom is 0.373 e. The average Bonchev–Trinajstić information content (AvgIpc) is 2.74. The summed E-state index contributed by atoms with van der Waals surface area (Å²) < 4.78 is 0. The lowest BCUT2D eigenvalue weighted by Gasteiger charge is -2.02. The van der Waals surface area contributed by atoms with Crippen molar-refractivity contribution in [3.63, 3.8) is 0 Å². The maximum atomic E-state index is 11.9. The topological polar surface area (TPSA) is 121 Å². The lowest BCUT2D eigenvalue weighted by molar-refractivity contribution is -0.182. The Morgan fingerprint density at radius 2 is 1.18 bits per heavy atom. The van der Waals surface area contributed by atoms with Gasteiger partial charge in [-0.2, -0.15) is 5.26 Å². The quantitative estimate of drug-likeness (QED) is 0.359. The van der Waals surface area contributed by atoms with Gasteiger partial charge in [0.2, 0.25) is 0 Å². The molecule has 3 aromatic rings. The molecule has 0 saturated carbocycles. The van der Waals surface area contributed by atoms with Crippen molar-refractivity contribution in [3.05, 3.63) is 101 Å². The van der Waals surface area contributed by atoms with E-state index >= 15 is 0 Å². The molecule has 0 aliphatic heterocycles. The van der Waals surface area contributed by atoms with Crippen LogP contribution in [0.4, 0.5) is 0 Å². The first-order valence-corrected chi connectivity index (χ1v) is 8.01. The Kier molecular flexibility index (Phi) is 7.01. The summed E-state index contributed by atoms with van der Waals surface area (Å²) in [5.41, 5.74) is 0.529. The van der Waals surface area contributed by atoms with E-state index in [1.807, 2.05) is 6.07 Å². The van der Waals surface area contributed by atoms with Gasteiger partial charge in [0.25, 0.3) is 0 Å². The third-order valence-corrected chi connectivity index (χ3v) is 3.64. The highest BCUT2D eigenvalue weighted by atomic mass is 17.1. The number of aromatic hydroxyl groups is 1. The lowest BCUT2D eigenvalue weighted by Crippen LogP contribution is -2.09. The van der Waals surface area contributed by atoms with Crippen molar-refractivity contribution in [3.8, 4) is 5.75 Å². The smallest absolute Gasteiger partial charge is 0.373 e. The number of phenolic OH excluding ortho intramolecular Hbond substituents is 1. The van der Waals surface area contributed by atoms with E-state index in [0.717, 1.165) is 0 Å². The molecule has 7 heteroatoms. The second kappa shape index (κ2) is 9.65. The van der Waals surface area contributed by atoms with Gasteiger partial charge in [-0.05, 0) is 24.3 Å². The summed E-state index contributed by atoms with van der Waals surface area (Å²) in [6.45, 7) is 0. The molecule has 0 saturated heterocycles. The van der Waals surface area contributed by atoms with Crippen molar-refractivity contribution >= 4 is 17.7 Å². The minimum Gasteiger partial charge on any atom is -0.507 e. The zero-order valence-electron chi connectivity index (χ0n) is 14.5. The molecule has 3 N–H and O–H groups in total. The van der Waals surface area contributed by atoms with E-state index in [1.54, 1.807) is 42.5 Å². The number of hydrogen-bond acceptors (Lipinski definition) is 6. The number of aromatic carboxylic acids is 1. The first kappa shape index (κ1) is 20.3. The molecule has 28 heavy (non-hydrogen) atoms. The number of carboxylic acids is 1. The molecule has 0 radical (unpaired) electrons. The zero-order chi connectivity index (χ0) is 20.5. The molecule has 7 nitrogen and oxygen atoms in total. The molecule has 3 aromatic carbocycles. The van der Waals surface area contributed by atoms with Gasteiger partial charge in [0.05, 0.1) is 16.7 Å². The van der Waals surface area contributed by atoms with Crippen molar-refractivity contribution in [1.82, 2.24) is 0 Å². The minimum absolute atomic E-state index is 0.0198. The summed E-state index contributed by atoms with van der Waals surface area (Å²) >= 11 is 0. The molecule has 0 aliphatic carbocycles. The SMILES string of the molecule is O=C(O)c1ccccc1C(=O)OO.O=C(c1ccccc1)c1ccccc1O. The van der Waals surface area contributed by atoms with Crippen LogP contribution in [0.1, 0.15) is 36.6 Å². The molecular weight excluding hydrogens is 364 g/mol. The van der Waals surface area contributed by atoms with E-state index in [9.17, 15) is 19.5 Å². The summed E-state index contributed by atoms with van der Waals surface area (Å²) in [4.78, 5) is 36.7. The van der Waals surface area contributed by atoms with Crippen LogP contribution in [0.5, 0.6) is 5.75 Å². The number of para-hydroxylation sites is 1. The molecule has 3 rings (SSSR count). The molecule has 0 spiro atoms.